The molecule has 0 amide bonds. The maximum absolute atomic E-state index is 11.1. The van der Waals surface area contributed by atoms with Gasteiger partial charge in [0.1, 0.15) is 0 Å². The van der Waals surface area contributed by atoms with Gasteiger partial charge in [-0.1, -0.05) is 5.16 Å². The second kappa shape index (κ2) is 5.61. The minimum atomic E-state index is -0.166. The first kappa shape index (κ1) is 13.2. The van der Waals surface area contributed by atoms with Crippen LogP contribution in [-0.4, -0.2) is 40.0 Å². The molecular formula is C13H21N3O2. The van der Waals surface area contributed by atoms with Crippen LogP contribution in [0.15, 0.2) is 4.52 Å². The van der Waals surface area contributed by atoms with Crippen LogP contribution in [0.25, 0.3) is 0 Å². The van der Waals surface area contributed by atoms with E-state index >= 15 is 0 Å². The largest absolute Gasteiger partial charge is 0.331 e. The molecule has 0 aliphatic carbocycles. The van der Waals surface area contributed by atoms with Gasteiger partial charge in [0.05, 0.1) is 0 Å². The lowest BCUT2D eigenvalue weighted by atomic mass is 9.94. The molecule has 1 aliphatic heterocycles. The van der Waals surface area contributed by atoms with Gasteiger partial charge in [0.25, 0.3) is 5.89 Å². The van der Waals surface area contributed by atoms with Gasteiger partial charge in [-0.2, -0.15) is 4.98 Å². The standard InChI is InChI=1S/C13H21N3O2/c1-9(2)16-6-4-5-11(8-16)7-12-14-13(10(3)17)18-15-12/h9,11H,4-8H2,1-3H3. The Morgan fingerprint density at radius 1 is 1.56 bits per heavy atom. The van der Waals surface area contributed by atoms with Crippen molar-refractivity contribution in [2.45, 2.75) is 46.1 Å². The fourth-order valence-electron chi connectivity index (χ4n) is 2.47. The van der Waals surface area contributed by atoms with E-state index in [4.69, 9.17) is 4.52 Å². The molecule has 100 valence electrons. The first-order valence-electron chi connectivity index (χ1n) is 6.64. The molecule has 0 saturated carbocycles. The molecule has 1 unspecified atom stereocenters. The van der Waals surface area contributed by atoms with Crippen molar-refractivity contribution in [3.8, 4) is 0 Å². The maximum Gasteiger partial charge on any atom is 0.293 e. The highest BCUT2D eigenvalue weighted by molar-refractivity contribution is 5.89. The Morgan fingerprint density at radius 2 is 2.33 bits per heavy atom. The average molecular weight is 251 g/mol. The number of carbonyl (C=O) groups is 1. The highest BCUT2D eigenvalue weighted by atomic mass is 16.5. The van der Waals surface area contributed by atoms with E-state index < -0.39 is 0 Å². The van der Waals surface area contributed by atoms with Crippen LogP contribution < -0.4 is 0 Å². The number of ketones is 1. The topological polar surface area (TPSA) is 59.2 Å². The quantitative estimate of drug-likeness (QED) is 0.765. The maximum atomic E-state index is 11.1. The third-order valence-electron chi connectivity index (χ3n) is 3.52. The molecule has 0 N–H and O–H groups in total. The summed E-state index contributed by atoms with van der Waals surface area (Å²) in [4.78, 5) is 17.7. The van der Waals surface area contributed by atoms with Crippen molar-refractivity contribution in [2.75, 3.05) is 13.1 Å². The van der Waals surface area contributed by atoms with Crippen LogP contribution >= 0.6 is 0 Å². The molecule has 1 aromatic heterocycles. The number of likely N-dealkylation sites (tertiary alicyclic amines) is 1. The second-order valence-corrected chi connectivity index (χ2v) is 5.37. The van der Waals surface area contributed by atoms with Gasteiger partial charge in [0.15, 0.2) is 5.82 Å². The van der Waals surface area contributed by atoms with Crippen molar-refractivity contribution < 1.29 is 9.32 Å². The third-order valence-corrected chi connectivity index (χ3v) is 3.52. The van der Waals surface area contributed by atoms with Crippen LogP contribution in [0.5, 0.6) is 0 Å². The molecule has 0 radical (unpaired) electrons. The van der Waals surface area contributed by atoms with Gasteiger partial charge in [-0.05, 0) is 39.2 Å². The molecule has 5 heteroatoms. The van der Waals surface area contributed by atoms with E-state index in [-0.39, 0.29) is 11.7 Å². The van der Waals surface area contributed by atoms with E-state index in [1.54, 1.807) is 0 Å². The number of aromatic nitrogens is 2. The summed E-state index contributed by atoms with van der Waals surface area (Å²) in [6.07, 6.45) is 3.23. The molecule has 18 heavy (non-hydrogen) atoms. The van der Waals surface area contributed by atoms with Gasteiger partial charge in [0, 0.05) is 25.9 Å². The number of hydrogen-bond acceptors (Lipinski definition) is 5. The van der Waals surface area contributed by atoms with Gasteiger partial charge in [0.2, 0.25) is 5.78 Å². The molecule has 0 aromatic carbocycles. The Kier molecular flexibility index (Phi) is 4.11. The number of piperidine rings is 1. The summed E-state index contributed by atoms with van der Waals surface area (Å²) in [5.74, 6) is 1.19. The fourth-order valence-corrected chi connectivity index (χ4v) is 2.47. The third kappa shape index (κ3) is 3.16. The monoisotopic (exact) mass is 251 g/mol. The molecular weight excluding hydrogens is 230 g/mol. The Morgan fingerprint density at radius 3 is 2.94 bits per heavy atom. The zero-order chi connectivity index (χ0) is 13.1. The molecule has 0 bridgehead atoms. The number of Topliss-reactive ketones (excluding diaryl/α,β-unsaturated/α-hetero) is 1. The Hall–Kier alpha value is -1.23. The summed E-state index contributed by atoms with van der Waals surface area (Å²) in [6.45, 7) is 8.16. The number of nitrogens with zero attached hydrogens (tertiary/aromatic N) is 3. The minimum absolute atomic E-state index is 0.126. The lowest BCUT2D eigenvalue weighted by Gasteiger charge is -2.35. The summed E-state index contributed by atoms with van der Waals surface area (Å²) >= 11 is 0. The number of rotatable bonds is 4. The normalized spacial score (nSPS) is 21.4. The van der Waals surface area contributed by atoms with Crippen molar-refractivity contribution in [1.29, 1.82) is 0 Å². The SMILES string of the molecule is CC(=O)c1nc(CC2CCCN(C(C)C)C2)no1. The van der Waals surface area contributed by atoms with Gasteiger partial charge < -0.3 is 9.42 Å². The summed E-state index contributed by atoms with van der Waals surface area (Å²) < 4.78 is 4.92. The molecule has 1 aliphatic rings. The van der Waals surface area contributed by atoms with E-state index in [1.165, 1.54) is 26.3 Å². The van der Waals surface area contributed by atoms with Crippen LogP contribution in [-0.2, 0) is 6.42 Å². The molecule has 1 aromatic rings. The zero-order valence-electron chi connectivity index (χ0n) is 11.3. The zero-order valence-corrected chi connectivity index (χ0v) is 11.3. The first-order valence-corrected chi connectivity index (χ1v) is 6.64. The minimum Gasteiger partial charge on any atom is -0.331 e. The highest BCUT2D eigenvalue weighted by Gasteiger charge is 2.23. The average Bonchev–Trinajstić information content (AvgIpc) is 2.78. The summed E-state index contributed by atoms with van der Waals surface area (Å²) in [6, 6.07) is 0.589. The highest BCUT2D eigenvalue weighted by Crippen LogP contribution is 2.21. The predicted molar refractivity (Wildman–Crippen MR) is 67.4 cm³/mol. The van der Waals surface area contributed by atoms with E-state index in [9.17, 15) is 4.79 Å². The predicted octanol–water partition coefficient (Wildman–Crippen LogP) is 1.94. The van der Waals surface area contributed by atoms with E-state index in [0.717, 1.165) is 13.0 Å². The van der Waals surface area contributed by atoms with Gasteiger partial charge in [-0.15, -0.1) is 0 Å². The van der Waals surface area contributed by atoms with Crippen LogP contribution in [0.1, 0.15) is 50.1 Å². The molecule has 1 saturated heterocycles. The van der Waals surface area contributed by atoms with Crippen LogP contribution in [0.4, 0.5) is 0 Å². The van der Waals surface area contributed by atoms with Gasteiger partial charge in [-0.25, -0.2) is 0 Å². The van der Waals surface area contributed by atoms with Crippen molar-refractivity contribution in [3.05, 3.63) is 11.7 Å². The van der Waals surface area contributed by atoms with Gasteiger partial charge in [-0.3, -0.25) is 4.79 Å². The summed E-state index contributed by atoms with van der Waals surface area (Å²) in [5.41, 5.74) is 0. The Bertz CT molecular complexity index is 414. The van der Waals surface area contributed by atoms with Crippen LogP contribution in [0.3, 0.4) is 0 Å². The first-order chi connectivity index (χ1) is 8.56. The number of carbonyl (C=O) groups excluding carboxylic acids is 1. The lowest BCUT2D eigenvalue weighted by Crippen LogP contribution is -2.40. The van der Waals surface area contributed by atoms with E-state index in [2.05, 4.69) is 28.9 Å². The molecule has 2 heterocycles. The molecule has 5 nitrogen and oxygen atoms in total. The summed E-state index contributed by atoms with van der Waals surface area (Å²) in [5, 5.41) is 3.88. The van der Waals surface area contributed by atoms with Crippen molar-refractivity contribution >= 4 is 5.78 Å². The second-order valence-electron chi connectivity index (χ2n) is 5.37. The van der Waals surface area contributed by atoms with Crippen LogP contribution in [0.2, 0.25) is 0 Å². The summed E-state index contributed by atoms with van der Waals surface area (Å²) in [7, 11) is 0. The van der Waals surface area contributed by atoms with E-state index in [0.29, 0.717) is 17.8 Å². The van der Waals surface area contributed by atoms with Crippen LogP contribution in [0, 0.1) is 5.92 Å². The smallest absolute Gasteiger partial charge is 0.293 e. The Balaban J connectivity index is 1.94. The molecule has 0 spiro atoms. The Labute approximate surface area is 108 Å². The number of hydrogen-bond donors (Lipinski definition) is 0. The van der Waals surface area contributed by atoms with E-state index in [1.807, 2.05) is 0 Å². The van der Waals surface area contributed by atoms with Gasteiger partial charge >= 0.3 is 0 Å². The molecule has 1 atom stereocenters. The fraction of sp³-hybridized carbons (Fsp3) is 0.769. The lowest BCUT2D eigenvalue weighted by molar-refractivity contribution is 0.0972. The molecule has 1 fully saturated rings. The molecule has 2 rings (SSSR count). The van der Waals surface area contributed by atoms with Crippen molar-refractivity contribution in [2.24, 2.45) is 5.92 Å². The van der Waals surface area contributed by atoms with Crippen molar-refractivity contribution in [1.82, 2.24) is 15.0 Å². The van der Waals surface area contributed by atoms with Crippen molar-refractivity contribution in [3.63, 3.8) is 0 Å².